The first-order valence-electron chi connectivity index (χ1n) is 7.63. The maximum absolute atomic E-state index is 6.24. The SMILES string of the molecule is CCCOCC(C)Oc1nc(C)c(/N=C/N(C)CC)cc1Cl. The number of aliphatic imine (C=N–C) groups is 1. The molecule has 0 saturated carbocycles. The van der Waals surface area contributed by atoms with E-state index in [-0.39, 0.29) is 6.10 Å². The molecule has 0 aliphatic rings. The van der Waals surface area contributed by atoms with E-state index >= 15 is 0 Å². The Kier molecular flexibility index (Phi) is 8.20. The Morgan fingerprint density at radius 2 is 2.18 bits per heavy atom. The minimum absolute atomic E-state index is 0.100. The molecule has 0 aromatic carbocycles. The third-order valence-electron chi connectivity index (χ3n) is 3.01. The fraction of sp³-hybridized carbons (Fsp3) is 0.625. The number of rotatable bonds is 9. The van der Waals surface area contributed by atoms with E-state index < -0.39 is 0 Å². The first-order chi connectivity index (χ1) is 10.5. The zero-order valence-corrected chi connectivity index (χ0v) is 14.9. The Balaban J connectivity index is 2.74. The number of hydrogen-bond donors (Lipinski definition) is 0. The van der Waals surface area contributed by atoms with Crippen LogP contribution in [0, 0.1) is 6.92 Å². The zero-order valence-electron chi connectivity index (χ0n) is 14.1. The average molecular weight is 328 g/mol. The van der Waals surface area contributed by atoms with Crippen molar-refractivity contribution in [1.29, 1.82) is 0 Å². The van der Waals surface area contributed by atoms with Gasteiger partial charge in [-0.25, -0.2) is 9.98 Å². The highest BCUT2D eigenvalue weighted by atomic mass is 35.5. The summed E-state index contributed by atoms with van der Waals surface area (Å²) in [5.74, 6) is 0.426. The molecule has 0 radical (unpaired) electrons. The van der Waals surface area contributed by atoms with Gasteiger partial charge in [-0.1, -0.05) is 18.5 Å². The molecule has 5 nitrogen and oxygen atoms in total. The summed E-state index contributed by atoms with van der Waals surface area (Å²) in [5.41, 5.74) is 1.52. The van der Waals surface area contributed by atoms with Crippen molar-refractivity contribution in [3.63, 3.8) is 0 Å². The van der Waals surface area contributed by atoms with Crippen LogP contribution in [0.4, 0.5) is 5.69 Å². The van der Waals surface area contributed by atoms with Crippen LogP contribution in [0.5, 0.6) is 5.88 Å². The molecular weight excluding hydrogens is 302 g/mol. The number of aryl methyl sites for hydroxylation is 1. The molecule has 0 N–H and O–H groups in total. The zero-order chi connectivity index (χ0) is 16.5. The molecule has 1 rings (SSSR count). The van der Waals surface area contributed by atoms with E-state index in [0.29, 0.717) is 17.5 Å². The second-order valence-corrected chi connectivity index (χ2v) is 5.61. The van der Waals surface area contributed by atoms with Crippen molar-refractivity contribution in [2.45, 2.75) is 40.2 Å². The molecule has 0 fully saturated rings. The summed E-state index contributed by atoms with van der Waals surface area (Å²) in [6, 6.07) is 1.78. The Hall–Kier alpha value is -1.33. The first-order valence-corrected chi connectivity index (χ1v) is 8.01. The number of ether oxygens (including phenoxy) is 2. The van der Waals surface area contributed by atoms with E-state index in [9.17, 15) is 0 Å². The summed E-state index contributed by atoms with van der Waals surface area (Å²) < 4.78 is 11.2. The molecule has 0 aliphatic carbocycles. The average Bonchev–Trinajstić information content (AvgIpc) is 2.49. The molecule has 1 aromatic heterocycles. The van der Waals surface area contributed by atoms with Gasteiger partial charge in [-0.2, -0.15) is 0 Å². The van der Waals surface area contributed by atoms with Crippen molar-refractivity contribution in [1.82, 2.24) is 9.88 Å². The van der Waals surface area contributed by atoms with Gasteiger partial charge in [0.15, 0.2) is 0 Å². The summed E-state index contributed by atoms with van der Waals surface area (Å²) in [6.07, 6.45) is 2.66. The van der Waals surface area contributed by atoms with Gasteiger partial charge in [0.1, 0.15) is 11.1 Å². The van der Waals surface area contributed by atoms with Crippen LogP contribution in [0.1, 0.15) is 32.9 Å². The van der Waals surface area contributed by atoms with E-state index in [2.05, 4.69) is 23.8 Å². The number of hydrogen-bond acceptors (Lipinski definition) is 4. The molecule has 124 valence electrons. The van der Waals surface area contributed by atoms with Crippen LogP contribution in [-0.4, -0.2) is 49.1 Å². The minimum atomic E-state index is -0.100. The second-order valence-electron chi connectivity index (χ2n) is 5.20. The van der Waals surface area contributed by atoms with Gasteiger partial charge in [0.05, 0.1) is 24.3 Å². The Labute approximate surface area is 138 Å². The van der Waals surface area contributed by atoms with E-state index in [1.807, 2.05) is 25.8 Å². The maximum Gasteiger partial charge on any atom is 0.233 e. The normalized spacial score (nSPS) is 12.6. The first kappa shape index (κ1) is 18.7. The molecule has 0 bridgehead atoms. The molecule has 6 heteroatoms. The lowest BCUT2D eigenvalue weighted by Crippen LogP contribution is -2.20. The van der Waals surface area contributed by atoms with Crippen LogP contribution in [-0.2, 0) is 4.74 Å². The molecule has 0 aliphatic heterocycles. The van der Waals surface area contributed by atoms with Crippen molar-refractivity contribution < 1.29 is 9.47 Å². The number of pyridine rings is 1. The highest BCUT2D eigenvalue weighted by Gasteiger charge is 2.12. The molecule has 0 spiro atoms. The van der Waals surface area contributed by atoms with Crippen LogP contribution < -0.4 is 4.74 Å². The smallest absolute Gasteiger partial charge is 0.233 e. The fourth-order valence-corrected chi connectivity index (χ4v) is 1.81. The summed E-state index contributed by atoms with van der Waals surface area (Å²) in [6.45, 7) is 10.1. The third kappa shape index (κ3) is 6.20. The van der Waals surface area contributed by atoms with Gasteiger partial charge in [-0.3, -0.25) is 0 Å². The fourth-order valence-electron chi connectivity index (χ4n) is 1.62. The van der Waals surface area contributed by atoms with Crippen molar-refractivity contribution in [2.75, 3.05) is 26.8 Å². The Morgan fingerprint density at radius 1 is 1.45 bits per heavy atom. The van der Waals surface area contributed by atoms with Crippen LogP contribution in [0.15, 0.2) is 11.1 Å². The topological polar surface area (TPSA) is 47.0 Å². The van der Waals surface area contributed by atoms with Gasteiger partial charge in [0, 0.05) is 20.2 Å². The summed E-state index contributed by atoms with van der Waals surface area (Å²) >= 11 is 6.24. The van der Waals surface area contributed by atoms with Crippen molar-refractivity contribution >= 4 is 23.6 Å². The van der Waals surface area contributed by atoms with Crippen molar-refractivity contribution in [2.24, 2.45) is 4.99 Å². The second kappa shape index (κ2) is 9.64. The van der Waals surface area contributed by atoms with Gasteiger partial charge in [-0.05, 0) is 33.3 Å². The highest BCUT2D eigenvalue weighted by Crippen LogP contribution is 2.29. The third-order valence-corrected chi connectivity index (χ3v) is 3.29. The standard InChI is InChI=1S/C16H26ClN3O2/c1-6-8-21-10-12(3)22-16-14(17)9-15(13(4)19-16)18-11-20(5)7-2/h9,11-12H,6-8,10H2,1-5H3/b18-11+. The van der Waals surface area contributed by atoms with Gasteiger partial charge < -0.3 is 14.4 Å². The molecule has 1 unspecified atom stereocenters. The summed E-state index contributed by atoms with van der Waals surface area (Å²) in [5, 5.41) is 0.458. The van der Waals surface area contributed by atoms with E-state index in [1.165, 1.54) is 0 Å². The number of halogens is 1. The molecule has 22 heavy (non-hydrogen) atoms. The molecule has 1 atom stereocenters. The van der Waals surface area contributed by atoms with Crippen LogP contribution in [0.3, 0.4) is 0 Å². The molecule has 1 heterocycles. The minimum Gasteiger partial charge on any atom is -0.471 e. The highest BCUT2D eigenvalue weighted by molar-refractivity contribution is 6.32. The molecule has 1 aromatic rings. The Morgan fingerprint density at radius 3 is 2.82 bits per heavy atom. The number of aromatic nitrogens is 1. The van der Waals surface area contributed by atoms with E-state index in [1.54, 1.807) is 12.4 Å². The van der Waals surface area contributed by atoms with Crippen molar-refractivity contribution in [3.05, 3.63) is 16.8 Å². The molecule has 0 amide bonds. The number of nitrogens with zero attached hydrogens (tertiary/aromatic N) is 3. The lowest BCUT2D eigenvalue weighted by Gasteiger charge is -2.16. The Bertz CT molecular complexity index is 495. The van der Waals surface area contributed by atoms with E-state index in [0.717, 1.165) is 31.0 Å². The predicted octanol–water partition coefficient (Wildman–Crippen LogP) is 3.85. The quantitative estimate of drug-likeness (QED) is 0.392. The van der Waals surface area contributed by atoms with Crippen LogP contribution in [0.25, 0.3) is 0 Å². The molecule has 0 saturated heterocycles. The van der Waals surface area contributed by atoms with Crippen LogP contribution in [0.2, 0.25) is 5.02 Å². The van der Waals surface area contributed by atoms with Crippen molar-refractivity contribution in [3.8, 4) is 5.88 Å². The lowest BCUT2D eigenvalue weighted by molar-refractivity contribution is 0.0568. The van der Waals surface area contributed by atoms with Gasteiger partial charge in [0.25, 0.3) is 0 Å². The monoisotopic (exact) mass is 327 g/mol. The van der Waals surface area contributed by atoms with Crippen LogP contribution >= 0.6 is 11.6 Å². The largest absolute Gasteiger partial charge is 0.471 e. The molecular formula is C16H26ClN3O2. The summed E-state index contributed by atoms with van der Waals surface area (Å²) in [4.78, 5) is 10.8. The predicted molar refractivity (Wildman–Crippen MR) is 91.6 cm³/mol. The maximum atomic E-state index is 6.24. The summed E-state index contributed by atoms with van der Waals surface area (Å²) in [7, 11) is 1.96. The van der Waals surface area contributed by atoms with E-state index in [4.69, 9.17) is 21.1 Å². The lowest BCUT2D eigenvalue weighted by atomic mass is 10.3. The van der Waals surface area contributed by atoms with Gasteiger partial charge >= 0.3 is 0 Å². The van der Waals surface area contributed by atoms with Gasteiger partial charge in [0.2, 0.25) is 5.88 Å². The van der Waals surface area contributed by atoms with Gasteiger partial charge in [-0.15, -0.1) is 0 Å².